The molecule has 4 heteroatoms. The molecule has 0 amide bonds. The monoisotopic (exact) mass is 182 g/mol. The summed E-state index contributed by atoms with van der Waals surface area (Å²) in [4.78, 5) is 3.84. The Labute approximate surface area is 63.0 Å². The van der Waals surface area contributed by atoms with Crippen LogP contribution in [0, 0.1) is 0 Å². The molecule has 0 saturated carbocycles. The Kier molecular flexibility index (Phi) is 1.76. The molecule has 0 fully saturated rings. The molecule has 2 radical (unpaired) electrons. The summed E-state index contributed by atoms with van der Waals surface area (Å²) in [6.07, 6.45) is 0. The van der Waals surface area contributed by atoms with Crippen molar-refractivity contribution in [1.29, 1.82) is 0 Å². The van der Waals surface area contributed by atoms with Crippen molar-refractivity contribution in [2.45, 2.75) is 0 Å². The molecular weight excluding hydrogens is 179 g/mol. The van der Waals surface area contributed by atoms with Crippen molar-refractivity contribution in [2.75, 3.05) is 5.73 Å². The molecule has 0 aromatic carbocycles. The van der Waals surface area contributed by atoms with Gasteiger partial charge in [-0.2, -0.15) is 0 Å². The second kappa shape index (κ2) is 2.39. The van der Waals surface area contributed by atoms with Gasteiger partial charge in [-0.3, -0.25) is 4.98 Å². The van der Waals surface area contributed by atoms with Crippen LogP contribution in [0.15, 0.2) is 16.7 Å². The minimum atomic E-state index is 0.469. The molecule has 1 rings (SSSR count). The van der Waals surface area contributed by atoms with Crippen LogP contribution in [0.4, 0.5) is 5.69 Å². The van der Waals surface area contributed by atoms with Gasteiger partial charge in [-0.1, -0.05) is 0 Å². The molecule has 9 heavy (non-hydrogen) atoms. The number of rotatable bonds is 0. The van der Waals surface area contributed by atoms with E-state index in [1.807, 2.05) is 0 Å². The van der Waals surface area contributed by atoms with E-state index < -0.39 is 0 Å². The molecule has 1 heterocycles. The number of nitrogen functional groups attached to an aromatic ring is 1. The fraction of sp³-hybridized carbons (Fsp3) is 0. The minimum Gasteiger partial charge on any atom is -0.397 e. The van der Waals surface area contributed by atoms with Gasteiger partial charge in [-0.15, -0.1) is 0 Å². The second-order valence-corrected chi connectivity index (χ2v) is 2.37. The zero-order chi connectivity index (χ0) is 6.85. The summed E-state index contributed by atoms with van der Waals surface area (Å²) in [5.74, 6) is 0. The van der Waals surface area contributed by atoms with Gasteiger partial charge in [0.05, 0.1) is 5.69 Å². The third-order valence-electron chi connectivity index (χ3n) is 0.899. The summed E-state index contributed by atoms with van der Waals surface area (Å²) >= 11 is 3.13. The molecule has 1 aromatic heterocycles. The van der Waals surface area contributed by atoms with Gasteiger partial charge in [0.25, 0.3) is 0 Å². The smallest absolute Gasteiger partial charge is 0.141 e. The third kappa shape index (κ3) is 1.45. The first-order valence-corrected chi connectivity index (χ1v) is 3.17. The van der Waals surface area contributed by atoms with Crippen molar-refractivity contribution in [3.8, 4) is 0 Å². The Bertz CT molecular complexity index is 226. The molecule has 0 aliphatic heterocycles. The lowest BCUT2D eigenvalue weighted by molar-refractivity contribution is 1.33. The number of pyridine rings is 1. The molecule has 0 aliphatic rings. The topological polar surface area (TPSA) is 38.9 Å². The highest BCUT2D eigenvalue weighted by atomic mass is 79.9. The van der Waals surface area contributed by atoms with Crippen LogP contribution in [0.3, 0.4) is 0 Å². The van der Waals surface area contributed by atoms with E-state index in [1.165, 1.54) is 0 Å². The molecule has 44 valence electrons. The van der Waals surface area contributed by atoms with Crippen molar-refractivity contribution in [3.63, 3.8) is 0 Å². The average Bonchev–Trinajstić information content (AvgIpc) is 1.80. The maximum atomic E-state index is 5.42. The quantitative estimate of drug-likeness (QED) is 0.461. The van der Waals surface area contributed by atoms with Crippen molar-refractivity contribution in [2.24, 2.45) is 0 Å². The SMILES string of the molecule is [B]c1ccc(N)c(Br)n1. The summed E-state index contributed by atoms with van der Waals surface area (Å²) < 4.78 is 0.600. The predicted octanol–water partition coefficient (Wildman–Crippen LogP) is 0.220. The number of anilines is 1. The van der Waals surface area contributed by atoms with E-state index >= 15 is 0 Å². The third-order valence-corrected chi connectivity index (χ3v) is 1.53. The first-order chi connectivity index (χ1) is 4.20. The van der Waals surface area contributed by atoms with E-state index in [1.54, 1.807) is 12.1 Å². The summed E-state index contributed by atoms with van der Waals surface area (Å²) in [6, 6.07) is 3.35. The standard InChI is InChI=1S/C5H4BBrN2/c6-4-2-1-3(8)5(7)9-4/h1-2H,8H2. The molecule has 2 nitrogen and oxygen atoms in total. The molecule has 0 saturated heterocycles. The number of nitrogens with zero attached hydrogens (tertiary/aromatic N) is 1. The van der Waals surface area contributed by atoms with Gasteiger partial charge in [0.2, 0.25) is 0 Å². The summed E-state index contributed by atoms with van der Waals surface area (Å²) in [5.41, 5.74) is 6.49. The fourth-order valence-electron chi connectivity index (χ4n) is 0.459. The van der Waals surface area contributed by atoms with Crippen LogP contribution in [-0.2, 0) is 0 Å². The van der Waals surface area contributed by atoms with E-state index in [4.69, 9.17) is 13.6 Å². The van der Waals surface area contributed by atoms with Crippen molar-refractivity contribution >= 4 is 35.1 Å². The highest BCUT2D eigenvalue weighted by molar-refractivity contribution is 9.10. The molecule has 0 atom stereocenters. The largest absolute Gasteiger partial charge is 0.397 e. The highest BCUT2D eigenvalue weighted by Crippen LogP contribution is 2.11. The Morgan fingerprint density at radius 1 is 1.56 bits per heavy atom. The molecule has 2 N–H and O–H groups in total. The van der Waals surface area contributed by atoms with Gasteiger partial charge in [-0.25, -0.2) is 0 Å². The average molecular weight is 183 g/mol. The zero-order valence-corrected chi connectivity index (χ0v) is 6.22. The van der Waals surface area contributed by atoms with E-state index in [0.717, 1.165) is 0 Å². The maximum Gasteiger partial charge on any atom is 0.141 e. The molecule has 0 aliphatic carbocycles. The van der Waals surface area contributed by atoms with Crippen LogP contribution in [-0.4, -0.2) is 12.8 Å². The lowest BCUT2D eigenvalue weighted by Gasteiger charge is -1.96. The van der Waals surface area contributed by atoms with Crippen molar-refractivity contribution < 1.29 is 0 Å². The molecule has 0 spiro atoms. The van der Waals surface area contributed by atoms with Crippen LogP contribution in [0.1, 0.15) is 0 Å². The molecule has 1 aromatic rings. The van der Waals surface area contributed by atoms with Gasteiger partial charge in [0.15, 0.2) is 0 Å². The minimum absolute atomic E-state index is 0.469. The van der Waals surface area contributed by atoms with Crippen molar-refractivity contribution in [1.82, 2.24) is 4.98 Å². The summed E-state index contributed by atoms with van der Waals surface area (Å²) in [5, 5.41) is 0. The molecule has 0 unspecified atom stereocenters. The van der Waals surface area contributed by atoms with Crippen LogP contribution in [0.5, 0.6) is 0 Å². The Hall–Kier alpha value is -0.505. The second-order valence-electron chi connectivity index (χ2n) is 1.62. The zero-order valence-electron chi connectivity index (χ0n) is 4.63. The number of nitrogens with two attached hydrogens (primary N) is 1. The number of hydrogen-bond acceptors (Lipinski definition) is 2. The van der Waals surface area contributed by atoms with Crippen molar-refractivity contribution in [3.05, 3.63) is 16.7 Å². The van der Waals surface area contributed by atoms with E-state index in [2.05, 4.69) is 20.9 Å². The van der Waals surface area contributed by atoms with E-state index in [0.29, 0.717) is 15.9 Å². The van der Waals surface area contributed by atoms with Crippen LogP contribution < -0.4 is 11.3 Å². The van der Waals surface area contributed by atoms with Crippen LogP contribution >= 0.6 is 15.9 Å². The molecule has 0 bridgehead atoms. The molecular formula is C5H4BBrN2. The van der Waals surface area contributed by atoms with Crippen LogP contribution in [0.2, 0.25) is 0 Å². The van der Waals surface area contributed by atoms with Gasteiger partial charge in [-0.05, 0) is 33.7 Å². The van der Waals surface area contributed by atoms with Gasteiger partial charge in [0.1, 0.15) is 12.4 Å². The number of aromatic nitrogens is 1. The number of halogens is 1. The summed E-state index contributed by atoms with van der Waals surface area (Å²) in [7, 11) is 5.33. The van der Waals surface area contributed by atoms with E-state index in [9.17, 15) is 0 Å². The first kappa shape index (κ1) is 6.61. The maximum absolute atomic E-state index is 5.42. The lowest BCUT2D eigenvalue weighted by atomic mass is 10.0. The lowest BCUT2D eigenvalue weighted by Crippen LogP contribution is -2.08. The Balaban J connectivity index is 3.17. The number of hydrogen-bond donors (Lipinski definition) is 1. The van der Waals surface area contributed by atoms with E-state index in [-0.39, 0.29) is 0 Å². The van der Waals surface area contributed by atoms with Gasteiger partial charge >= 0.3 is 0 Å². The fourth-order valence-corrected chi connectivity index (χ4v) is 0.796. The Morgan fingerprint density at radius 2 is 2.22 bits per heavy atom. The first-order valence-electron chi connectivity index (χ1n) is 2.37. The predicted molar refractivity (Wildman–Crippen MR) is 41.7 cm³/mol. The van der Waals surface area contributed by atoms with Gasteiger partial charge < -0.3 is 5.73 Å². The Morgan fingerprint density at radius 3 is 2.67 bits per heavy atom. The highest BCUT2D eigenvalue weighted by Gasteiger charge is 1.93. The van der Waals surface area contributed by atoms with Gasteiger partial charge in [0, 0.05) is 0 Å². The summed E-state index contributed by atoms with van der Waals surface area (Å²) in [6.45, 7) is 0. The van der Waals surface area contributed by atoms with Crippen LogP contribution in [0.25, 0.3) is 0 Å². The normalized spacial score (nSPS) is 9.44.